The lowest BCUT2D eigenvalue weighted by Crippen LogP contribution is -2.29. The van der Waals surface area contributed by atoms with Crippen LogP contribution in [0, 0.1) is 11.0 Å². The molecule has 0 amide bonds. The van der Waals surface area contributed by atoms with Crippen molar-refractivity contribution in [2.75, 3.05) is 0 Å². The highest BCUT2D eigenvalue weighted by atomic mass is 35.5. The van der Waals surface area contributed by atoms with Crippen LogP contribution in [0.5, 0.6) is 0 Å². The van der Waals surface area contributed by atoms with Crippen LogP contribution in [-0.2, 0) is 0 Å². The summed E-state index contributed by atoms with van der Waals surface area (Å²) in [6.07, 6.45) is 2.63. The van der Waals surface area contributed by atoms with E-state index < -0.39 is 5.82 Å². The predicted octanol–water partition coefficient (Wildman–Crippen LogP) is 5.70. The monoisotopic (exact) mass is 419 g/mol. The molecule has 0 saturated heterocycles. The van der Waals surface area contributed by atoms with Gasteiger partial charge < -0.3 is 5.21 Å². The van der Waals surface area contributed by atoms with Crippen LogP contribution < -0.4 is 4.73 Å². The molecule has 4 rings (SSSR count). The van der Waals surface area contributed by atoms with Crippen molar-refractivity contribution in [3.8, 4) is 22.5 Å². The van der Waals surface area contributed by atoms with Gasteiger partial charge in [0, 0.05) is 17.0 Å². The summed E-state index contributed by atoms with van der Waals surface area (Å²) in [5.41, 5.74) is 1.91. The van der Waals surface area contributed by atoms with Crippen LogP contribution in [0.2, 0.25) is 15.1 Å². The molecule has 0 N–H and O–H groups in total. The van der Waals surface area contributed by atoms with Crippen LogP contribution in [0.15, 0.2) is 55.0 Å². The maximum absolute atomic E-state index is 13.4. The van der Waals surface area contributed by atoms with Crippen LogP contribution in [0.4, 0.5) is 4.39 Å². The maximum Gasteiger partial charge on any atom is 0.253 e. The highest BCUT2D eigenvalue weighted by molar-refractivity contribution is 6.39. The second kappa shape index (κ2) is 6.93. The van der Waals surface area contributed by atoms with Gasteiger partial charge in [0.1, 0.15) is 17.7 Å². The molecule has 4 aromatic rings. The van der Waals surface area contributed by atoms with Crippen LogP contribution in [-0.4, -0.2) is 9.97 Å². The summed E-state index contributed by atoms with van der Waals surface area (Å²) in [4.78, 5) is 8.55. The van der Waals surface area contributed by atoms with Crippen molar-refractivity contribution in [3.63, 3.8) is 0 Å². The van der Waals surface area contributed by atoms with Crippen molar-refractivity contribution in [1.82, 2.24) is 9.97 Å². The Morgan fingerprint density at radius 1 is 0.926 bits per heavy atom. The first-order valence-corrected chi connectivity index (χ1v) is 8.87. The van der Waals surface area contributed by atoms with Crippen molar-refractivity contribution in [2.45, 2.75) is 0 Å². The van der Waals surface area contributed by atoms with Gasteiger partial charge in [-0.2, -0.15) is 4.73 Å². The third-order valence-corrected chi connectivity index (χ3v) is 5.03. The van der Waals surface area contributed by atoms with Crippen LogP contribution in [0.3, 0.4) is 0 Å². The Morgan fingerprint density at radius 3 is 2.37 bits per heavy atom. The van der Waals surface area contributed by atoms with Crippen molar-refractivity contribution >= 4 is 45.7 Å². The number of aromatic nitrogens is 3. The molecule has 8 heteroatoms. The van der Waals surface area contributed by atoms with E-state index in [0.717, 1.165) is 0 Å². The van der Waals surface area contributed by atoms with Crippen molar-refractivity contribution in [3.05, 3.63) is 81.1 Å². The molecule has 0 aliphatic rings. The molecule has 134 valence electrons. The second-order valence-corrected chi connectivity index (χ2v) is 6.92. The summed E-state index contributed by atoms with van der Waals surface area (Å²) in [5.74, 6) is -0.456. The summed E-state index contributed by atoms with van der Waals surface area (Å²) in [6.45, 7) is 0. The Kier molecular flexibility index (Phi) is 4.60. The van der Waals surface area contributed by atoms with Gasteiger partial charge in [-0.25, -0.2) is 14.4 Å². The molecule has 0 unspecified atom stereocenters. The molecular formula is C19H9Cl3FN3O. The number of rotatable bonds is 2. The standard InChI is InChI=1S/C19H9Cl3FN3O/c20-13-2-1-3-14(21)16(13)19-18-12(6-7-26(19)27)17(24-9-25-18)11-5-4-10(23)8-15(11)22/h1-9H. The number of hydrogen-bond acceptors (Lipinski definition) is 3. The number of nitrogens with zero attached hydrogens (tertiary/aromatic N) is 3. The summed E-state index contributed by atoms with van der Waals surface area (Å²) < 4.78 is 14.1. The maximum atomic E-state index is 13.4. The molecule has 0 aliphatic heterocycles. The normalized spacial score (nSPS) is 11.1. The van der Waals surface area contributed by atoms with Gasteiger partial charge in [0.2, 0.25) is 0 Å². The van der Waals surface area contributed by atoms with E-state index in [1.165, 1.54) is 30.7 Å². The lowest BCUT2D eigenvalue weighted by Gasteiger charge is -2.12. The fraction of sp³-hybridized carbons (Fsp3) is 0. The second-order valence-electron chi connectivity index (χ2n) is 5.70. The number of pyridine rings is 1. The fourth-order valence-corrected chi connectivity index (χ4v) is 3.75. The van der Waals surface area contributed by atoms with Gasteiger partial charge in [-0.3, -0.25) is 0 Å². The summed E-state index contributed by atoms with van der Waals surface area (Å²) in [5, 5.41) is 14.0. The van der Waals surface area contributed by atoms with E-state index in [1.54, 1.807) is 24.3 Å². The van der Waals surface area contributed by atoms with Gasteiger partial charge in [-0.1, -0.05) is 40.9 Å². The Morgan fingerprint density at radius 2 is 1.67 bits per heavy atom. The van der Waals surface area contributed by atoms with Crippen LogP contribution in [0.1, 0.15) is 0 Å². The topological polar surface area (TPSA) is 52.7 Å². The molecule has 0 aliphatic carbocycles. The first-order chi connectivity index (χ1) is 13.0. The van der Waals surface area contributed by atoms with E-state index in [4.69, 9.17) is 34.8 Å². The molecule has 0 radical (unpaired) electrons. The van der Waals surface area contributed by atoms with E-state index in [9.17, 15) is 9.60 Å². The van der Waals surface area contributed by atoms with Gasteiger partial charge in [0.25, 0.3) is 5.69 Å². The Hall–Kier alpha value is -2.47. The lowest BCUT2D eigenvalue weighted by molar-refractivity contribution is -0.592. The molecule has 2 heterocycles. The zero-order valence-electron chi connectivity index (χ0n) is 13.5. The zero-order chi connectivity index (χ0) is 19.1. The predicted molar refractivity (Wildman–Crippen MR) is 104 cm³/mol. The van der Waals surface area contributed by atoms with Crippen LogP contribution >= 0.6 is 34.8 Å². The molecule has 0 bridgehead atoms. The highest BCUT2D eigenvalue weighted by Gasteiger charge is 2.23. The van der Waals surface area contributed by atoms with Gasteiger partial charge in [-0.15, -0.1) is 0 Å². The molecule has 2 aromatic heterocycles. The number of halogens is 4. The average molecular weight is 421 g/mol. The van der Waals surface area contributed by atoms with Crippen molar-refractivity contribution in [2.24, 2.45) is 0 Å². The molecule has 2 aromatic carbocycles. The van der Waals surface area contributed by atoms with Gasteiger partial charge in [0.05, 0.1) is 26.3 Å². The Labute approximate surface area is 168 Å². The third kappa shape index (κ3) is 3.08. The molecule has 0 saturated carbocycles. The largest absolute Gasteiger partial charge is 0.618 e. The minimum absolute atomic E-state index is 0.199. The van der Waals surface area contributed by atoms with Gasteiger partial charge >= 0.3 is 0 Å². The van der Waals surface area contributed by atoms with Crippen LogP contribution in [0.25, 0.3) is 33.4 Å². The van der Waals surface area contributed by atoms with E-state index >= 15 is 0 Å². The van der Waals surface area contributed by atoms with Gasteiger partial charge in [0.15, 0.2) is 6.20 Å². The first-order valence-electron chi connectivity index (χ1n) is 7.74. The summed E-state index contributed by atoms with van der Waals surface area (Å²) in [6, 6.07) is 10.6. The molecule has 4 nitrogen and oxygen atoms in total. The summed E-state index contributed by atoms with van der Waals surface area (Å²) >= 11 is 18.8. The molecule has 27 heavy (non-hydrogen) atoms. The molecule has 0 spiro atoms. The lowest BCUT2D eigenvalue weighted by atomic mass is 10.0. The van der Waals surface area contributed by atoms with Crippen molar-refractivity contribution in [1.29, 1.82) is 0 Å². The molecular weight excluding hydrogens is 412 g/mol. The average Bonchev–Trinajstić information content (AvgIpc) is 2.63. The van der Waals surface area contributed by atoms with E-state index in [2.05, 4.69) is 9.97 Å². The van der Waals surface area contributed by atoms with E-state index in [0.29, 0.717) is 42.5 Å². The fourth-order valence-electron chi connectivity index (χ4n) is 2.91. The Balaban J connectivity index is 2.08. The minimum Gasteiger partial charge on any atom is -0.618 e. The molecule has 0 fully saturated rings. The first kappa shape index (κ1) is 17.9. The zero-order valence-corrected chi connectivity index (χ0v) is 15.7. The van der Waals surface area contributed by atoms with E-state index in [-0.39, 0.29) is 10.7 Å². The van der Waals surface area contributed by atoms with Gasteiger partial charge in [-0.05, 0) is 30.3 Å². The smallest absolute Gasteiger partial charge is 0.253 e. The van der Waals surface area contributed by atoms with Crippen molar-refractivity contribution < 1.29 is 9.12 Å². The summed E-state index contributed by atoms with van der Waals surface area (Å²) in [7, 11) is 0. The molecule has 0 atom stereocenters. The third-order valence-electron chi connectivity index (χ3n) is 4.09. The minimum atomic E-state index is -0.456. The quantitative estimate of drug-likeness (QED) is 0.309. The number of hydrogen-bond donors (Lipinski definition) is 0. The number of benzene rings is 2. The Bertz CT molecular complexity index is 1180. The SMILES string of the molecule is [O-][n+]1ccc2c(-c3ccc(F)cc3Cl)ncnc2c1-c1c(Cl)cccc1Cl. The van der Waals surface area contributed by atoms with E-state index in [1.807, 2.05) is 0 Å². The highest BCUT2D eigenvalue weighted by Crippen LogP contribution is 2.38. The number of fused-ring (bicyclic) bond motifs is 1.